The van der Waals surface area contributed by atoms with Gasteiger partial charge in [-0.25, -0.2) is 4.39 Å². The third-order valence-electron chi connectivity index (χ3n) is 4.80. The molecule has 9 heteroatoms. The van der Waals surface area contributed by atoms with E-state index in [1.54, 1.807) is 36.6 Å². The van der Waals surface area contributed by atoms with E-state index in [2.05, 4.69) is 15.0 Å². The number of hydrogen-bond donors (Lipinski definition) is 1. The van der Waals surface area contributed by atoms with Gasteiger partial charge in [-0.3, -0.25) is 4.90 Å². The minimum atomic E-state index is -0.439. The van der Waals surface area contributed by atoms with E-state index in [0.29, 0.717) is 53.3 Å². The van der Waals surface area contributed by atoms with E-state index in [0.717, 1.165) is 0 Å². The van der Waals surface area contributed by atoms with Gasteiger partial charge in [-0.2, -0.15) is 9.50 Å². The molecule has 1 aliphatic rings. The lowest BCUT2D eigenvalue weighted by Gasteiger charge is -2.34. The predicted molar refractivity (Wildman–Crippen MR) is 101 cm³/mol. The van der Waals surface area contributed by atoms with Crippen molar-refractivity contribution in [2.75, 3.05) is 26.3 Å². The molecular formula is C19H17FN4O3S. The van der Waals surface area contributed by atoms with E-state index in [-0.39, 0.29) is 11.7 Å². The monoisotopic (exact) mass is 400 g/mol. The van der Waals surface area contributed by atoms with Gasteiger partial charge in [0.1, 0.15) is 5.82 Å². The largest absolute Gasteiger partial charge is 0.492 e. The number of fused-ring (bicyclic) bond motifs is 1. The van der Waals surface area contributed by atoms with Crippen molar-refractivity contribution in [3.8, 4) is 17.5 Å². The minimum Gasteiger partial charge on any atom is -0.492 e. The van der Waals surface area contributed by atoms with Gasteiger partial charge in [-0.05, 0) is 18.2 Å². The molecule has 0 radical (unpaired) electrons. The fourth-order valence-corrected chi connectivity index (χ4v) is 4.58. The highest BCUT2D eigenvalue weighted by Crippen LogP contribution is 2.41. The quantitative estimate of drug-likeness (QED) is 0.566. The predicted octanol–water partition coefficient (Wildman–Crippen LogP) is 3.32. The van der Waals surface area contributed by atoms with Gasteiger partial charge < -0.3 is 14.3 Å². The Labute approximate surface area is 163 Å². The molecule has 0 amide bonds. The van der Waals surface area contributed by atoms with Crippen molar-refractivity contribution in [2.24, 2.45) is 0 Å². The van der Waals surface area contributed by atoms with Crippen LogP contribution >= 0.6 is 11.3 Å². The molecule has 0 saturated carbocycles. The fraction of sp³-hybridized carbons (Fsp3) is 0.263. The number of halogens is 1. The van der Waals surface area contributed by atoms with Crippen LogP contribution in [0.2, 0.25) is 0 Å². The normalized spacial score (nSPS) is 16.6. The molecular weight excluding hydrogens is 383 g/mol. The summed E-state index contributed by atoms with van der Waals surface area (Å²) in [4.78, 5) is 7.70. The topological polar surface area (TPSA) is 76.0 Å². The first kappa shape index (κ1) is 17.4. The lowest BCUT2D eigenvalue weighted by Crippen LogP contribution is -2.39. The number of furan rings is 1. The minimum absolute atomic E-state index is 0.0370. The van der Waals surface area contributed by atoms with Crippen LogP contribution in [0.15, 0.2) is 47.1 Å². The zero-order valence-electron chi connectivity index (χ0n) is 14.8. The highest BCUT2D eigenvalue weighted by Gasteiger charge is 2.32. The van der Waals surface area contributed by atoms with Crippen LogP contribution in [0.4, 0.5) is 4.39 Å². The summed E-state index contributed by atoms with van der Waals surface area (Å²) in [6, 6.07) is 9.72. The molecule has 5 rings (SSSR count). The maximum Gasteiger partial charge on any atom is 0.230 e. The van der Waals surface area contributed by atoms with E-state index >= 15 is 0 Å². The van der Waals surface area contributed by atoms with Crippen molar-refractivity contribution in [3.05, 3.63) is 58.9 Å². The molecule has 1 unspecified atom stereocenters. The summed E-state index contributed by atoms with van der Waals surface area (Å²) < 4.78 is 26.8. The Morgan fingerprint density at radius 1 is 1.14 bits per heavy atom. The Morgan fingerprint density at radius 2 is 1.96 bits per heavy atom. The van der Waals surface area contributed by atoms with Crippen LogP contribution in [-0.2, 0) is 4.74 Å². The van der Waals surface area contributed by atoms with Crippen LogP contribution in [-0.4, -0.2) is 50.9 Å². The van der Waals surface area contributed by atoms with E-state index in [9.17, 15) is 9.50 Å². The van der Waals surface area contributed by atoms with Gasteiger partial charge in [0.2, 0.25) is 16.7 Å². The van der Waals surface area contributed by atoms with Gasteiger partial charge in [-0.1, -0.05) is 29.5 Å². The molecule has 7 nitrogen and oxygen atoms in total. The molecule has 144 valence electrons. The molecule has 1 aromatic carbocycles. The number of hydrogen-bond acceptors (Lipinski definition) is 7. The van der Waals surface area contributed by atoms with Gasteiger partial charge in [0.25, 0.3) is 0 Å². The second-order valence-corrected chi connectivity index (χ2v) is 7.48. The molecule has 1 atom stereocenters. The number of rotatable bonds is 4. The molecule has 1 aliphatic heterocycles. The molecule has 0 bridgehead atoms. The molecule has 1 fully saturated rings. The van der Waals surface area contributed by atoms with Gasteiger partial charge in [-0.15, -0.1) is 5.10 Å². The summed E-state index contributed by atoms with van der Waals surface area (Å²) in [5, 5.41) is 15.3. The molecule has 4 heterocycles. The lowest BCUT2D eigenvalue weighted by molar-refractivity contribution is 0.0235. The third kappa shape index (κ3) is 2.88. The SMILES string of the molecule is Oc1c(C(c2ccccc2F)N2CCOCC2)sc2nc(-c3ccco3)nn12. The second-order valence-electron chi connectivity index (χ2n) is 6.47. The first-order valence-corrected chi connectivity index (χ1v) is 9.72. The summed E-state index contributed by atoms with van der Waals surface area (Å²) in [6.07, 6.45) is 1.54. The number of ether oxygens (including phenoxy) is 1. The standard InChI is InChI=1S/C19H17FN4O3S/c20-13-5-2-1-4-12(13)15(23-7-10-26-11-8-23)16-18(25)24-19(28-16)21-17(22-24)14-6-3-9-27-14/h1-6,9,15,25H,7-8,10-11H2. The average Bonchev–Trinajstić information content (AvgIpc) is 3.43. The number of morpholine rings is 1. The zero-order valence-corrected chi connectivity index (χ0v) is 15.6. The van der Waals surface area contributed by atoms with E-state index < -0.39 is 6.04 Å². The Bertz CT molecular complexity index is 1100. The van der Waals surface area contributed by atoms with Crippen LogP contribution in [0.25, 0.3) is 16.5 Å². The van der Waals surface area contributed by atoms with Crippen LogP contribution in [0.1, 0.15) is 16.5 Å². The second kappa shape index (κ2) is 7.01. The molecule has 0 spiro atoms. The first-order chi connectivity index (χ1) is 13.7. The number of nitrogens with zero attached hydrogens (tertiary/aromatic N) is 4. The average molecular weight is 400 g/mol. The zero-order chi connectivity index (χ0) is 19.1. The van der Waals surface area contributed by atoms with Crippen molar-refractivity contribution in [1.82, 2.24) is 19.5 Å². The maximum absolute atomic E-state index is 14.7. The Kier molecular flexibility index (Phi) is 4.34. The Morgan fingerprint density at radius 3 is 2.68 bits per heavy atom. The first-order valence-electron chi connectivity index (χ1n) is 8.91. The molecule has 1 saturated heterocycles. The highest BCUT2D eigenvalue weighted by atomic mass is 32.1. The smallest absolute Gasteiger partial charge is 0.230 e. The Balaban J connectivity index is 1.62. The van der Waals surface area contributed by atoms with E-state index in [4.69, 9.17) is 9.15 Å². The fourth-order valence-electron chi connectivity index (χ4n) is 3.47. The number of aromatic hydroxyl groups is 1. The van der Waals surface area contributed by atoms with E-state index in [1.807, 2.05) is 0 Å². The van der Waals surface area contributed by atoms with E-state index in [1.165, 1.54) is 21.9 Å². The number of thiazole rings is 1. The van der Waals surface area contributed by atoms with Crippen molar-refractivity contribution in [3.63, 3.8) is 0 Å². The van der Waals surface area contributed by atoms with Gasteiger partial charge >= 0.3 is 0 Å². The summed E-state index contributed by atoms with van der Waals surface area (Å²) in [5.74, 6) is 0.571. The molecule has 4 aromatic rings. The van der Waals surface area contributed by atoms with Crippen LogP contribution in [0.5, 0.6) is 5.88 Å². The van der Waals surface area contributed by atoms with Crippen molar-refractivity contribution in [1.29, 1.82) is 0 Å². The molecule has 0 aliphatic carbocycles. The number of benzene rings is 1. The highest BCUT2D eigenvalue weighted by molar-refractivity contribution is 7.17. The number of aromatic nitrogens is 3. The summed E-state index contributed by atoms with van der Waals surface area (Å²) in [7, 11) is 0. The summed E-state index contributed by atoms with van der Waals surface area (Å²) in [6.45, 7) is 2.41. The molecule has 3 aromatic heterocycles. The van der Waals surface area contributed by atoms with Crippen LogP contribution in [0, 0.1) is 5.82 Å². The summed E-state index contributed by atoms with van der Waals surface area (Å²) >= 11 is 1.30. The van der Waals surface area contributed by atoms with Crippen molar-refractivity contribution >= 4 is 16.3 Å². The lowest BCUT2D eigenvalue weighted by atomic mass is 10.0. The molecule has 28 heavy (non-hydrogen) atoms. The van der Waals surface area contributed by atoms with Crippen molar-refractivity contribution in [2.45, 2.75) is 6.04 Å². The Hall–Kier alpha value is -2.75. The van der Waals surface area contributed by atoms with Gasteiger partial charge in [0, 0.05) is 18.7 Å². The van der Waals surface area contributed by atoms with Gasteiger partial charge in [0.05, 0.1) is 30.4 Å². The summed E-state index contributed by atoms with van der Waals surface area (Å²) in [5.41, 5.74) is 0.510. The maximum atomic E-state index is 14.7. The third-order valence-corrected chi connectivity index (χ3v) is 5.87. The van der Waals surface area contributed by atoms with Crippen molar-refractivity contribution < 1.29 is 18.7 Å². The van der Waals surface area contributed by atoms with Crippen LogP contribution < -0.4 is 0 Å². The van der Waals surface area contributed by atoms with Gasteiger partial charge in [0.15, 0.2) is 5.76 Å². The molecule has 1 N–H and O–H groups in total. The van der Waals surface area contributed by atoms with Crippen LogP contribution in [0.3, 0.4) is 0 Å².